The second-order valence-electron chi connectivity index (χ2n) is 3.81. The molecule has 2 nitrogen and oxygen atoms in total. The van der Waals surface area contributed by atoms with Crippen molar-refractivity contribution in [2.24, 2.45) is 5.73 Å². The molecule has 15 heavy (non-hydrogen) atoms. The molecular weight excluding hydrogens is 224 g/mol. The third kappa shape index (κ3) is 3.48. The van der Waals surface area contributed by atoms with Crippen LogP contribution >= 0.6 is 23.1 Å². The monoisotopic (exact) mass is 242 g/mol. The number of hydrogen-bond donors (Lipinski definition) is 1. The zero-order valence-corrected chi connectivity index (χ0v) is 10.6. The van der Waals surface area contributed by atoms with Crippen LogP contribution in [-0.4, -0.2) is 29.5 Å². The average molecular weight is 242 g/mol. The molecule has 1 aromatic heterocycles. The molecule has 1 saturated heterocycles. The van der Waals surface area contributed by atoms with E-state index in [4.69, 9.17) is 5.73 Å². The lowest BCUT2D eigenvalue weighted by molar-refractivity contribution is 0.290. The van der Waals surface area contributed by atoms with Gasteiger partial charge in [-0.15, -0.1) is 11.3 Å². The van der Waals surface area contributed by atoms with Crippen LogP contribution in [0.2, 0.25) is 0 Å². The highest BCUT2D eigenvalue weighted by molar-refractivity contribution is 7.99. The number of thioether (sulfide) groups is 1. The van der Waals surface area contributed by atoms with Gasteiger partial charge in [-0.25, -0.2) is 0 Å². The molecule has 2 heterocycles. The van der Waals surface area contributed by atoms with Gasteiger partial charge < -0.3 is 5.73 Å². The predicted molar refractivity (Wildman–Crippen MR) is 69.4 cm³/mol. The van der Waals surface area contributed by atoms with E-state index < -0.39 is 0 Å². The molecule has 4 heteroatoms. The first-order valence-corrected chi connectivity index (χ1v) is 7.43. The minimum absolute atomic E-state index is 0.681. The van der Waals surface area contributed by atoms with E-state index in [1.165, 1.54) is 40.8 Å². The molecule has 0 saturated carbocycles. The zero-order chi connectivity index (χ0) is 10.5. The first-order valence-electron chi connectivity index (χ1n) is 5.46. The topological polar surface area (TPSA) is 29.3 Å². The highest BCUT2D eigenvalue weighted by Gasteiger charge is 2.10. The van der Waals surface area contributed by atoms with Gasteiger partial charge in [0, 0.05) is 35.1 Å². The van der Waals surface area contributed by atoms with Crippen molar-refractivity contribution in [3.63, 3.8) is 0 Å². The quantitative estimate of drug-likeness (QED) is 0.880. The van der Waals surface area contributed by atoms with Gasteiger partial charge in [-0.1, -0.05) is 0 Å². The molecule has 2 rings (SSSR count). The van der Waals surface area contributed by atoms with E-state index in [2.05, 4.69) is 28.8 Å². The van der Waals surface area contributed by atoms with Gasteiger partial charge in [0.1, 0.15) is 0 Å². The van der Waals surface area contributed by atoms with Crippen molar-refractivity contribution < 1.29 is 0 Å². The van der Waals surface area contributed by atoms with Crippen molar-refractivity contribution in [3.8, 4) is 0 Å². The largest absolute Gasteiger partial charge is 0.326 e. The minimum Gasteiger partial charge on any atom is -0.326 e. The van der Waals surface area contributed by atoms with Crippen molar-refractivity contribution in [2.45, 2.75) is 19.5 Å². The van der Waals surface area contributed by atoms with E-state index in [1.807, 2.05) is 11.3 Å². The van der Waals surface area contributed by atoms with Crippen LogP contribution in [-0.2, 0) is 13.1 Å². The summed E-state index contributed by atoms with van der Waals surface area (Å²) >= 11 is 3.94. The molecule has 0 spiro atoms. The molecule has 1 aliphatic heterocycles. The lowest BCUT2D eigenvalue weighted by Gasteiger charge is -2.17. The van der Waals surface area contributed by atoms with Gasteiger partial charge in [-0.2, -0.15) is 11.8 Å². The number of nitrogens with zero attached hydrogens (tertiary/aromatic N) is 1. The van der Waals surface area contributed by atoms with Crippen LogP contribution in [0.25, 0.3) is 0 Å². The van der Waals surface area contributed by atoms with Gasteiger partial charge in [0.2, 0.25) is 0 Å². The van der Waals surface area contributed by atoms with Crippen molar-refractivity contribution in [1.82, 2.24) is 4.90 Å². The molecule has 1 aliphatic rings. The van der Waals surface area contributed by atoms with Crippen LogP contribution in [0.1, 0.15) is 16.2 Å². The Kier molecular flexibility index (Phi) is 4.50. The number of rotatable bonds is 3. The summed E-state index contributed by atoms with van der Waals surface area (Å²) < 4.78 is 0. The van der Waals surface area contributed by atoms with Gasteiger partial charge in [-0.3, -0.25) is 4.90 Å². The third-order valence-electron chi connectivity index (χ3n) is 2.61. The Bertz CT molecular complexity index is 291. The van der Waals surface area contributed by atoms with Crippen molar-refractivity contribution >= 4 is 23.1 Å². The van der Waals surface area contributed by atoms with Crippen LogP contribution in [0.3, 0.4) is 0 Å². The molecule has 0 aliphatic carbocycles. The molecule has 84 valence electrons. The maximum absolute atomic E-state index is 5.61. The maximum Gasteiger partial charge on any atom is 0.0328 e. The summed E-state index contributed by atoms with van der Waals surface area (Å²) in [6.45, 7) is 4.29. The third-order valence-corrected chi connectivity index (χ3v) is 4.75. The van der Waals surface area contributed by atoms with Crippen LogP contribution < -0.4 is 5.73 Å². The van der Waals surface area contributed by atoms with E-state index in [0.717, 1.165) is 6.54 Å². The molecule has 0 radical (unpaired) electrons. The highest BCUT2D eigenvalue weighted by Crippen LogP contribution is 2.19. The summed E-state index contributed by atoms with van der Waals surface area (Å²) in [5.74, 6) is 2.62. The number of nitrogens with two attached hydrogens (primary N) is 1. The second-order valence-corrected chi connectivity index (χ2v) is 6.29. The lowest BCUT2D eigenvalue weighted by Crippen LogP contribution is -2.24. The van der Waals surface area contributed by atoms with Crippen molar-refractivity contribution in [3.05, 3.63) is 21.9 Å². The number of hydrogen-bond acceptors (Lipinski definition) is 4. The Morgan fingerprint density at radius 1 is 1.20 bits per heavy atom. The minimum atomic E-state index is 0.681. The molecule has 0 aromatic carbocycles. The molecular formula is C11H18N2S2. The van der Waals surface area contributed by atoms with Crippen LogP contribution in [0.5, 0.6) is 0 Å². The standard InChI is InChI=1S/C11H18N2S2/c12-8-10-2-3-11(15-10)9-13-4-1-6-14-7-5-13/h2-3H,1,4-9,12H2. The second kappa shape index (κ2) is 5.89. The van der Waals surface area contributed by atoms with Gasteiger partial charge in [0.05, 0.1) is 0 Å². The molecule has 0 atom stereocenters. The fourth-order valence-electron chi connectivity index (χ4n) is 1.79. The Morgan fingerprint density at radius 3 is 2.87 bits per heavy atom. The summed E-state index contributed by atoms with van der Waals surface area (Å²) in [4.78, 5) is 5.32. The first-order chi connectivity index (χ1) is 7.38. The Labute approximate surface area is 99.8 Å². The van der Waals surface area contributed by atoms with Crippen LogP contribution in [0.4, 0.5) is 0 Å². The van der Waals surface area contributed by atoms with Gasteiger partial charge >= 0.3 is 0 Å². The molecule has 1 aromatic rings. The molecule has 1 fully saturated rings. The van der Waals surface area contributed by atoms with Crippen LogP contribution in [0.15, 0.2) is 12.1 Å². The fourth-order valence-corrected chi connectivity index (χ4v) is 3.66. The zero-order valence-electron chi connectivity index (χ0n) is 8.95. The SMILES string of the molecule is NCc1ccc(CN2CCCSCC2)s1. The van der Waals surface area contributed by atoms with Gasteiger partial charge in [-0.05, 0) is 30.9 Å². The Hall–Kier alpha value is -0.0300. The van der Waals surface area contributed by atoms with Crippen LogP contribution in [0, 0.1) is 0 Å². The Balaban J connectivity index is 1.89. The summed E-state index contributed by atoms with van der Waals surface area (Å²) in [6, 6.07) is 4.39. The molecule has 0 amide bonds. The normalized spacial score (nSPS) is 19.0. The average Bonchev–Trinajstić information content (AvgIpc) is 2.54. The maximum atomic E-state index is 5.61. The Morgan fingerprint density at radius 2 is 2.07 bits per heavy atom. The summed E-state index contributed by atoms with van der Waals surface area (Å²) in [5, 5.41) is 0. The highest BCUT2D eigenvalue weighted by atomic mass is 32.2. The van der Waals surface area contributed by atoms with E-state index in [0.29, 0.717) is 6.54 Å². The van der Waals surface area contributed by atoms with E-state index in [-0.39, 0.29) is 0 Å². The lowest BCUT2D eigenvalue weighted by atomic mass is 10.3. The van der Waals surface area contributed by atoms with E-state index >= 15 is 0 Å². The summed E-state index contributed by atoms with van der Waals surface area (Å²) in [6.07, 6.45) is 1.33. The van der Waals surface area contributed by atoms with Gasteiger partial charge in [0.25, 0.3) is 0 Å². The summed E-state index contributed by atoms with van der Waals surface area (Å²) in [7, 11) is 0. The fraction of sp³-hybridized carbons (Fsp3) is 0.636. The smallest absolute Gasteiger partial charge is 0.0328 e. The molecule has 2 N–H and O–H groups in total. The van der Waals surface area contributed by atoms with Crippen molar-refractivity contribution in [2.75, 3.05) is 24.6 Å². The van der Waals surface area contributed by atoms with E-state index in [1.54, 1.807) is 0 Å². The van der Waals surface area contributed by atoms with Crippen molar-refractivity contribution in [1.29, 1.82) is 0 Å². The van der Waals surface area contributed by atoms with Gasteiger partial charge in [0.15, 0.2) is 0 Å². The molecule has 0 bridgehead atoms. The first kappa shape index (κ1) is 11.5. The predicted octanol–water partition coefficient (Wildman–Crippen LogP) is 2.15. The number of thiophene rings is 1. The van der Waals surface area contributed by atoms with E-state index in [9.17, 15) is 0 Å². The molecule has 0 unspecified atom stereocenters. The summed E-state index contributed by atoms with van der Waals surface area (Å²) in [5.41, 5.74) is 5.61.